The predicted octanol–water partition coefficient (Wildman–Crippen LogP) is 4.27. The van der Waals surface area contributed by atoms with Crippen LogP contribution in [-0.4, -0.2) is 35.2 Å². The first kappa shape index (κ1) is 21.4. The number of pyridine rings is 1. The average Bonchev–Trinajstić information content (AvgIpc) is 3.08. The highest BCUT2D eigenvalue weighted by molar-refractivity contribution is 7.91. The summed E-state index contributed by atoms with van der Waals surface area (Å²) in [5, 5.41) is 0.863. The molecular formula is C24H29N2O4S+. The van der Waals surface area contributed by atoms with Gasteiger partial charge in [-0.3, -0.25) is 0 Å². The Morgan fingerprint density at radius 1 is 0.968 bits per heavy atom. The van der Waals surface area contributed by atoms with E-state index in [1.54, 1.807) is 37.6 Å². The summed E-state index contributed by atoms with van der Waals surface area (Å²) in [6.07, 6.45) is 6.05. The first-order valence-corrected chi connectivity index (χ1v) is 12.3. The monoisotopic (exact) mass is 441 g/mol. The number of aromatic nitrogens is 1. The number of hydrogen-bond acceptors (Lipinski definition) is 5. The summed E-state index contributed by atoms with van der Waals surface area (Å²) in [5.41, 5.74) is 1.64. The zero-order valence-corrected chi connectivity index (χ0v) is 18.9. The number of hydrogen-bond donors (Lipinski definition) is 0. The normalized spacial score (nSPS) is 15.0. The molecule has 0 radical (unpaired) electrons. The number of anilines is 1. The summed E-state index contributed by atoms with van der Waals surface area (Å²) in [6, 6.07) is 12.4. The first-order chi connectivity index (χ1) is 15.0. The van der Waals surface area contributed by atoms with Gasteiger partial charge in [0.2, 0.25) is 15.4 Å². The van der Waals surface area contributed by atoms with E-state index in [1.807, 2.05) is 25.1 Å². The molecule has 3 aromatic rings. The third kappa shape index (κ3) is 4.32. The third-order valence-electron chi connectivity index (χ3n) is 5.73. The molecule has 0 aliphatic carbocycles. The number of ether oxygens (including phenoxy) is 2. The molecule has 1 fully saturated rings. The summed E-state index contributed by atoms with van der Waals surface area (Å²) < 4.78 is 38.3. The molecule has 0 saturated carbocycles. The van der Waals surface area contributed by atoms with Crippen LogP contribution in [-0.2, 0) is 9.84 Å². The fraction of sp³-hybridized carbons (Fsp3) is 0.375. The first-order valence-electron chi connectivity index (χ1n) is 10.8. The van der Waals surface area contributed by atoms with Crippen LogP contribution in [0.25, 0.3) is 10.9 Å². The lowest BCUT2D eigenvalue weighted by molar-refractivity contribution is -0.347. The van der Waals surface area contributed by atoms with Crippen molar-refractivity contribution < 1.29 is 22.9 Å². The molecule has 0 atom stereocenters. The van der Waals surface area contributed by atoms with Crippen LogP contribution < -0.4 is 19.4 Å². The molecule has 1 aliphatic rings. The van der Waals surface area contributed by atoms with Crippen LogP contribution >= 0.6 is 0 Å². The fourth-order valence-electron chi connectivity index (χ4n) is 4.15. The van der Waals surface area contributed by atoms with Gasteiger partial charge >= 0.3 is 0 Å². The molecule has 7 heteroatoms. The molecule has 0 bridgehead atoms. The minimum Gasteiger partial charge on any atom is -0.497 e. The largest absolute Gasteiger partial charge is 0.497 e. The number of sulfone groups is 1. The summed E-state index contributed by atoms with van der Waals surface area (Å²) in [6.45, 7) is 4.17. The van der Waals surface area contributed by atoms with Crippen molar-refractivity contribution in [3.05, 3.63) is 48.7 Å². The van der Waals surface area contributed by atoms with Crippen molar-refractivity contribution in [2.24, 2.45) is 0 Å². The Bertz CT molecular complexity index is 1150. The molecular weight excluding hydrogens is 412 g/mol. The van der Waals surface area contributed by atoms with E-state index in [9.17, 15) is 8.42 Å². The molecule has 4 rings (SSSR count). The SMILES string of the molecule is CCOc1ccc2[nH+]cc(S(=O)(=O)c3ccc(OC)cc3)c(N3CCCCCC3)c2c1. The quantitative estimate of drug-likeness (QED) is 0.571. The molecule has 1 aromatic heterocycles. The molecule has 31 heavy (non-hydrogen) atoms. The van der Waals surface area contributed by atoms with Crippen molar-refractivity contribution in [2.45, 2.75) is 42.4 Å². The number of nitrogens with zero attached hydrogens (tertiary/aromatic N) is 1. The average molecular weight is 442 g/mol. The molecule has 1 N–H and O–H groups in total. The van der Waals surface area contributed by atoms with Crippen LogP contribution in [0.5, 0.6) is 11.5 Å². The molecule has 1 saturated heterocycles. The Balaban J connectivity index is 1.93. The number of aromatic amines is 1. The standard InChI is InChI=1S/C24H28N2O4S/c1-3-30-19-10-13-22-21(16-19)24(26-14-6-4-5-7-15-26)23(17-25-22)31(27,28)20-11-8-18(29-2)9-12-20/h8-13,16-17H,3-7,14-15H2,1-2H3/p+1. The molecule has 0 amide bonds. The van der Waals surface area contributed by atoms with E-state index < -0.39 is 9.84 Å². The highest BCUT2D eigenvalue weighted by atomic mass is 32.2. The molecule has 0 unspecified atom stereocenters. The number of nitrogens with one attached hydrogen (secondary N) is 1. The van der Waals surface area contributed by atoms with Crippen molar-refractivity contribution in [3.63, 3.8) is 0 Å². The Hall–Kier alpha value is -2.80. The zero-order valence-electron chi connectivity index (χ0n) is 18.1. The minimum atomic E-state index is -3.74. The lowest BCUT2D eigenvalue weighted by Crippen LogP contribution is -2.27. The van der Waals surface area contributed by atoms with E-state index in [4.69, 9.17) is 9.47 Å². The Morgan fingerprint density at radius 2 is 1.65 bits per heavy atom. The van der Waals surface area contributed by atoms with Crippen molar-refractivity contribution in [1.29, 1.82) is 0 Å². The van der Waals surface area contributed by atoms with E-state index in [0.717, 1.165) is 61.1 Å². The second-order valence-corrected chi connectivity index (χ2v) is 9.64. The second kappa shape index (κ2) is 9.14. The number of H-pyrrole nitrogens is 1. The van der Waals surface area contributed by atoms with Crippen LogP contribution in [0.4, 0.5) is 5.69 Å². The Kier molecular flexibility index (Phi) is 6.32. The van der Waals surface area contributed by atoms with Gasteiger partial charge in [-0.25, -0.2) is 13.4 Å². The van der Waals surface area contributed by atoms with Gasteiger partial charge in [0, 0.05) is 19.2 Å². The number of fused-ring (bicyclic) bond motifs is 1. The van der Waals surface area contributed by atoms with Crippen LogP contribution in [0.15, 0.2) is 58.5 Å². The minimum absolute atomic E-state index is 0.248. The van der Waals surface area contributed by atoms with Gasteiger partial charge in [-0.1, -0.05) is 12.8 Å². The van der Waals surface area contributed by atoms with E-state index >= 15 is 0 Å². The van der Waals surface area contributed by atoms with Crippen molar-refractivity contribution in [3.8, 4) is 11.5 Å². The molecule has 6 nitrogen and oxygen atoms in total. The molecule has 2 aromatic carbocycles. The maximum absolute atomic E-state index is 13.7. The molecule has 164 valence electrons. The van der Waals surface area contributed by atoms with Gasteiger partial charge in [0.25, 0.3) is 0 Å². The van der Waals surface area contributed by atoms with Crippen LogP contribution in [0.1, 0.15) is 32.6 Å². The van der Waals surface area contributed by atoms with Gasteiger partial charge in [-0.2, -0.15) is 0 Å². The van der Waals surface area contributed by atoms with Gasteiger partial charge in [0.15, 0.2) is 11.1 Å². The Morgan fingerprint density at radius 3 is 2.29 bits per heavy atom. The van der Waals surface area contributed by atoms with Crippen LogP contribution in [0.2, 0.25) is 0 Å². The zero-order chi connectivity index (χ0) is 21.8. The summed E-state index contributed by atoms with van der Waals surface area (Å²) in [7, 11) is -2.18. The fourth-order valence-corrected chi connectivity index (χ4v) is 5.61. The maximum atomic E-state index is 13.7. The van der Waals surface area contributed by atoms with E-state index in [-0.39, 0.29) is 4.90 Å². The molecule has 0 spiro atoms. The lowest BCUT2D eigenvalue weighted by Gasteiger charge is -2.25. The van der Waals surface area contributed by atoms with Crippen molar-refractivity contribution in [2.75, 3.05) is 31.7 Å². The number of benzene rings is 2. The van der Waals surface area contributed by atoms with Crippen LogP contribution in [0, 0.1) is 0 Å². The van der Waals surface area contributed by atoms with E-state index in [0.29, 0.717) is 17.3 Å². The third-order valence-corrected chi connectivity index (χ3v) is 7.51. The van der Waals surface area contributed by atoms with Gasteiger partial charge in [-0.05, 0) is 56.2 Å². The highest BCUT2D eigenvalue weighted by Crippen LogP contribution is 2.37. The smallest absolute Gasteiger partial charge is 0.214 e. The summed E-state index contributed by atoms with van der Waals surface area (Å²) in [4.78, 5) is 5.97. The topological polar surface area (TPSA) is 70.0 Å². The number of methoxy groups -OCH3 is 1. The molecule has 1 aliphatic heterocycles. The summed E-state index contributed by atoms with van der Waals surface area (Å²) in [5.74, 6) is 1.36. The van der Waals surface area contributed by atoms with Gasteiger partial charge < -0.3 is 14.4 Å². The predicted molar refractivity (Wildman–Crippen MR) is 121 cm³/mol. The van der Waals surface area contributed by atoms with E-state index in [2.05, 4.69) is 9.88 Å². The highest BCUT2D eigenvalue weighted by Gasteiger charge is 2.30. The van der Waals surface area contributed by atoms with Gasteiger partial charge in [0.1, 0.15) is 11.5 Å². The Labute approximate surface area is 183 Å². The van der Waals surface area contributed by atoms with Gasteiger partial charge in [0.05, 0.1) is 29.7 Å². The molecule has 2 heterocycles. The number of rotatable bonds is 6. The van der Waals surface area contributed by atoms with Crippen molar-refractivity contribution >= 4 is 26.4 Å². The second-order valence-electron chi connectivity index (χ2n) is 7.72. The van der Waals surface area contributed by atoms with Gasteiger partial charge in [-0.15, -0.1) is 0 Å². The maximum Gasteiger partial charge on any atom is 0.214 e. The summed E-state index contributed by atoms with van der Waals surface area (Å²) >= 11 is 0. The lowest BCUT2D eigenvalue weighted by atomic mass is 10.1. The van der Waals surface area contributed by atoms with Crippen molar-refractivity contribution in [1.82, 2.24) is 0 Å². The van der Waals surface area contributed by atoms with Crippen LogP contribution in [0.3, 0.4) is 0 Å². The van der Waals surface area contributed by atoms with E-state index in [1.165, 1.54) is 0 Å².